The number of aryl methyl sites for hydroxylation is 1. The number of benzene rings is 7. The number of aromatic nitrogens is 3. The summed E-state index contributed by atoms with van der Waals surface area (Å²) in [7, 11) is 0. The molecule has 0 spiro atoms. The van der Waals surface area contributed by atoms with Crippen molar-refractivity contribution in [3.8, 4) is 11.3 Å². The van der Waals surface area contributed by atoms with E-state index in [-0.39, 0.29) is 0 Å². The fourth-order valence-corrected chi connectivity index (χ4v) is 12.4. The van der Waals surface area contributed by atoms with Crippen molar-refractivity contribution >= 4 is 88.9 Å². The fraction of sp³-hybridized carbons (Fsp3) is 0.0612. The van der Waals surface area contributed by atoms with Crippen LogP contribution in [0, 0.1) is 0 Å². The summed E-state index contributed by atoms with van der Waals surface area (Å²) in [4.78, 5) is 24.2. The van der Waals surface area contributed by atoms with Gasteiger partial charge >= 0.3 is 296 Å². The Kier molecular flexibility index (Phi) is 6.62. The van der Waals surface area contributed by atoms with Gasteiger partial charge in [-0.3, -0.25) is 0 Å². The van der Waals surface area contributed by atoms with Gasteiger partial charge in [-0.05, 0) is 0 Å². The molecule has 5 heteroatoms. The zero-order chi connectivity index (χ0) is 36.0. The third-order valence-electron chi connectivity index (χ3n) is 11.9. The molecule has 0 saturated heterocycles. The van der Waals surface area contributed by atoms with Gasteiger partial charge in [0.05, 0.1) is 0 Å². The van der Waals surface area contributed by atoms with Gasteiger partial charge in [0.1, 0.15) is 0 Å². The average molecular weight is 714 g/mol. The van der Waals surface area contributed by atoms with Gasteiger partial charge in [0.2, 0.25) is 0 Å². The first-order valence-corrected chi connectivity index (χ1v) is 21.2. The third-order valence-corrected chi connectivity index (χ3v) is 16.5. The van der Waals surface area contributed by atoms with Crippen molar-refractivity contribution in [1.29, 1.82) is 0 Å². The Morgan fingerprint density at radius 1 is 0.574 bits per heavy atom. The van der Waals surface area contributed by atoms with Crippen molar-refractivity contribution in [3.05, 3.63) is 175 Å². The number of pyridine rings is 2. The van der Waals surface area contributed by atoms with E-state index in [0.717, 1.165) is 100 Å². The Morgan fingerprint density at radius 3 is 2.13 bits per heavy atom. The number of hydrogen-bond donors (Lipinski definition) is 1. The van der Waals surface area contributed by atoms with E-state index in [9.17, 15) is 4.89 Å². The zero-order valence-electron chi connectivity index (χ0n) is 29.8. The molecule has 3 aromatic heterocycles. The van der Waals surface area contributed by atoms with Gasteiger partial charge in [-0.2, -0.15) is 0 Å². The molecule has 0 fully saturated rings. The van der Waals surface area contributed by atoms with Crippen LogP contribution >= 0.6 is 6.83 Å². The van der Waals surface area contributed by atoms with E-state index in [4.69, 9.17) is 9.97 Å². The van der Waals surface area contributed by atoms with Gasteiger partial charge in [-0.15, -0.1) is 0 Å². The van der Waals surface area contributed by atoms with Crippen LogP contribution in [0.25, 0.3) is 77.4 Å². The van der Waals surface area contributed by atoms with E-state index in [1.54, 1.807) is 0 Å². The van der Waals surface area contributed by atoms with E-state index in [2.05, 4.69) is 175 Å². The number of allylic oxidation sites excluding steroid dienone is 1. The van der Waals surface area contributed by atoms with Crippen molar-refractivity contribution in [2.24, 2.45) is 0 Å². The van der Waals surface area contributed by atoms with Gasteiger partial charge in [-0.25, -0.2) is 0 Å². The van der Waals surface area contributed by atoms with E-state index in [1.165, 1.54) is 11.1 Å². The van der Waals surface area contributed by atoms with Gasteiger partial charge in [0.15, 0.2) is 0 Å². The van der Waals surface area contributed by atoms with Gasteiger partial charge in [-0.1, -0.05) is 18.2 Å². The van der Waals surface area contributed by atoms with E-state index in [0.29, 0.717) is 0 Å². The molecule has 10 aromatic rings. The molecule has 3 heterocycles. The van der Waals surface area contributed by atoms with Crippen molar-refractivity contribution in [1.82, 2.24) is 14.4 Å². The molecule has 0 saturated carbocycles. The predicted octanol–water partition coefficient (Wildman–Crippen LogP) is 10.5. The topological polar surface area (TPSA) is 50.4 Å². The van der Waals surface area contributed by atoms with Crippen LogP contribution in [-0.4, -0.2) is 25.9 Å². The summed E-state index contributed by atoms with van der Waals surface area (Å²) in [6, 6.07) is 55.7. The van der Waals surface area contributed by atoms with Crippen LogP contribution in [0.1, 0.15) is 17.5 Å². The molecule has 7 aromatic carbocycles. The standard InChI is InChI=1S/C49H36N3OP/c1-54(53,39-23-20-32-10-2-4-12-35(32)29-39,40-24-21-33-11-3-5-13-36(33)30-40)41-25-22-34-18-19-37(28-38(34)31-41)44-27-26-43-42-14-6-8-16-46(42)52-47-17-9-7-15-45(47)51-49(52)48(43)50-44/h2-4,6-12,14-31,53H,5,13H2,1H3. The molecule has 1 aliphatic rings. The predicted molar refractivity (Wildman–Crippen MR) is 230 cm³/mol. The van der Waals surface area contributed by atoms with E-state index < -0.39 is 6.83 Å². The summed E-state index contributed by atoms with van der Waals surface area (Å²) < 4.78 is 2.24. The summed E-state index contributed by atoms with van der Waals surface area (Å²) in [5, 5.41) is 9.58. The molecule has 1 N–H and O–H groups in total. The number of fused-ring (bicyclic) bond motifs is 11. The summed E-state index contributed by atoms with van der Waals surface area (Å²) in [5.74, 6) is 0. The Bertz CT molecular complexity index is 3230. The Morgan fingerprint density at radius 2 is 1.26 bits per heavy atom. The normalized spacial score (nSPS) is 13.9. The van der Waals surface area contributed by atoms with Crippen LogP contribution in [0.4, 0.5) is 0 Å². The number of para-hydroxylation sites is 3. The van der Waals surface area contributed by atoms with Crippen molar-refractivity contribution < 1.29 is 4.89 Å². The number of rotatable bonds is 4. The fourth-order valence-electron chi connectivity index (χ4n) is 8.79. The molecule has 0 amide bonds. The maximum absolute atomic E-state index is 13.8. The van der Waals surface area contributed by atoms with Crippen LogP contribution in [-0.2, 0) is 6.42 Å². The van der Waals surface area contributed by atoms with E-state index in [1.807, 2.05) is 6.07 Å². The average Bonchev–Trinajstić information content (AvgIpc) is 3.63. The molecule has 1 aliphatic carbocycles. The molecule has 4 nitrogen and oxygen atoms in total. The Hall–Kier alpha value is -6.19. The molecule has 0 unspecified atom stereocenters. The molecular weight excluding hydrogens is 678 g/mol. The molecule has 11 rings (SSSR count). The van der Waals surface area contributed by atoms with Gasteiger partial charge < -0.3 is 0 Å². The maximum atomic E-state index is 13.8. The summed E-state index contributed by atoms with van der Waals surface area (Å²) in [6.07, 6.45) is 6.43. The van der Waals surface area contributed by atoms with Crippen LogP contribution in [0.2, 0.25) is 0 Å². The second-order valence-electron chi connectivity index (χ2n) is 15.0. The molecular formula is C49H36N3OP. The first-order chi connectivity index (χ1) is 26.4. The summed E-state index contributed by atoms with van der Waals surface area (Å²) >= 11 is 0. The van der Waals surface area contributed by atoms with Crippen LogP contribution < -0.4 is 15.9 Å². The number of hydrogen-bond acceptors (Lipinski definition) is 3. The minimum atomic E-state index is -3.95. The Balaban J connectivity index is 1.12. The van der Waals surface area contributed by atoms with Crippen LogP contribution in [0.15, 0.2) is 164 Å². The zero-order valence-corrected chi connectivity index (χ0v) is 30.7. The van der Waals surface area contributed by atoms with Crippen LogP contribution in [0.3, 0.4) is 0 Å². The van der Waals surface area contributed by atoms with Crippen molar-refractivity contribution in [2.45, 2.75) is 12.8 Å². The monoisotopic (exact) mass is 713 g/mol. The summed E-state index contributed by atoms with van der Waals surface area (Å²) in [6.45, 7) is -1.84. The van der Waals surface area contributed by atoms with Crippen molar-refractivity contribution in [3.63, 3.8) is 0 Å². The quantitative estimate of drug-likeness (QED) is 0.146. The molecule has 0 atom stereocenters. The molecule has 0 bridgehead atoms. The van der Waals surface area contributed by atoms with Crippen LogP contribution in [0.5, 0.6) is 0 Å². The van der Waals surface area contributed by atoms with Crippen molar-refractivity contribution in [2.75, 3.05) is 6.66 Å². The Labute approximate surface area is 312 Å². The molecule has 0 aliphatic heterocycles. The first-order valence-electron chi connectivity index (χ1n) is 18.6. The second kappa shape index (κ2) is 11.4. The molecule has 258 valence electrons. The molecule has 54 heavy (non-hydrogen) atoms. The number of nitrogens with zero attached hydrogens (tertiary/aromatic N) is 3. The van der Waals surface area contributed by atoms with Gasteiger partial charge in [0, 0.05) is 0 Å². The first kappa shape index (κ1) is 31.3. The minimum absolute atomic E-state index is 0.856. The van der Waals surface area contributed by atoms with E-state index >= 15 is 0 Å². The summed E-state index contributed by atoms with van der Waals surface area (Å²) in [5.41, 5.74) is 9.31. The third kappa shape index (κ3) is 4.51. The molecule has 0 radical (unpaired) electrons. The number of imidazole rings is 1. The SMILES string of the molecule is CP(O)(c1ccc2c(c1)CCC=C2)(c1ccc2ccccc2c1)c1ccc2ccc(-c3ccc4c5ccccc5n5c6ccccc6nc5c4n3)cc2c1. The van der Waals surface area contributed by atoms with Gasteiger partial charge in [0.25, 0.3) is 0 Å². The second-order valence-corrected chi connectivity index (χ2v) is 19.5.